The van der Waals surface area contributed by atoms with Crippen molar-refractivity contribution in [2.45, 2.75) is 39.2 Å². The second kappa shape index (κ2) is 8.72. The predicted octanol–water partition coefficient (Wildman–Crippen LogP) is 6.11. The van der Waals surface area contributed by atoms with E-state index in [2.05, 4.69) is 10.4 Å². The van der Waals surface area contributed by atoms with Gasteiger partial charge >= 0.3 is 6.18 Å². The van der Waals surface area contributed by atoms with Gasteiger partial charge in [0.15, 0.2) is 5.69 Å². The Morgan fingerprint density at radius 1 is 1.06 bits per heavy atom. The monoisotopic (exact) mass is 451 g/mol. The molecule has 164 valence electrons. The Bertz CT molecular complexity index is 1050. The van der Waals surface area contributed by atoms with Crippen LogP contribution in [0.5, 0.6) is 0 Å². The standard InChI is InChI=1S/C22H21ClF3N3O2/c1-21(2,3)31-13-18-12-19(22(24,25)26)28-29(18)17-10-8-16(9-11-17)27-20(30)14-4-6-15(23)7-5-14/h4-12H,13H2,1-3H3,(H,27,30). The van der Waals surface area contributed by atoms with Crippen molar-refractivity contribution in [3.05, 3.63) is 76.6 Å². The van der Waals surface area contributed by atoms with Crippen LogP contribution in [0.25, 0.3) is 5.69 Å². The number of alkyl halides is 3. The first-order valence-corrected chi connectivity index (χ1v) is 9.78. The first-order valence-electron chi connectivity index (χ1n) is 9.40. The van der Waals surface area contributed by atoms with Gasteiger partial charge in [0.05, 0.1) is 23.6 Å². The van der Waals surface area contributed by atoms with E-state index in [1.54, 1.807) is 48.5 Å². The number of ether oxygens (including phenoxy) is 1. The summed E-state index contributed by atoms with van der Waals surface area (Å²) in [5.41, 5.74) is 0.0627. The summed E-state index contributed by atoms with van der Waals surface area (Å²) < 4.78 is 46.4. The Morgan fingerprint density at radius 2 is 1.68 bits per heavy atom. The third-order valence-corrected chi connectivity index (χ3v) is 4.45. The van der Waals surface area contributed by atoms with Gasteiger partial charge in [0.1, 0.15) is 0 Å². The van der Waals surface area contributed by atoms with Crippen molar-refractivity contribution in [2.75, 3.05) is 5.32 Å². The molecule has 0 spiro atoms. The molecule has 3 rings (SSSR count). The van der Waals surface area contributed by atoms with Crippen LogP contribution in [0.4, 0.5) is 18.9 Å². The van der Waals surface area contributed by atoms with Crippen molar-refractivity contribution < 1.29 is 22.7 Å². The third kappa shape index (κ3) is 6.08. The van der Waals surface area contributed by atoms with Crippen molar-refractivity contribution in [1.82, 2.24) is 9.78 Å². The van der Waals surface area contributed by atoms with E-state index < -0.39 is 17.5 Å². The number of halogens is 4. The van der Waals surface area contributed by atoms with Crippen molar-refractivity contribution in [2.24, 2.45) is 0 Å². The number of hydrogen-bond donors (Lipinski definition) is 1. The average molecular weight is 452 g/mol. The van der Waals surface area contributed by atoms with Gasteiger partial charge in [-0.1, -0.05) is 11.6 Å². The van der Waals surface area contributed by atoms with Gasteiger partial charge in [-0.05, 0) is 75.4 Å². The molecule has 3 aromatic rings. The quantitative estimate of drug-likeness (QED) is 0.509. The third-order valence-electron chi connectivity index (χ3n) is 4.20. The summed E-state index contributed by atoms with van der Waals surface area (Å²) in [6.45, 7) is 5.41. The molecule has 31 heavy (non-hydrogen) atoms. The molecule has 9 heteroatoms. The highest BCUT2D eigenvalue weighted by atomic mass is 35.5. The molecular weight excluding hydrogens is 431 g/mol. The number of amides is 1. The minimum Gasteiger partial charge on any atom is -0.370 e. The Kier molecular flexibility index (Phi) is 6.43. The van der Waals surface area contributed by atoms with Crippen molar-refractivity contribution in [3.8, 4) is 5.69 Å². The zero-order chi connectivity index (χ0) is 22.8. The maximum atomic E-state index is 13.2. The van der Waals surface area contributed by atoms with Crippen LogP contribution in [-0.4, -0.2) is 21.3 Å². The smallest absolute Gasteiger partial charge is 0.370 e. The fourth-order valence-corrected chi connectivity index (χ4v) is 2.79. The summed E-state index contributed by atoms with van der Waals surface area (Å²) in [4.78, 5) is 12.3. The van der Waals surface area contributed by atoms with Gasteiger partial charge in [0.2, 0.25) is 0 Å². The summed E-state index contributed by atoms with van der Waals surface area (Å²) >= 11 is 5.82. The molecule has 0 saturated heterocycles. The highest BCUT2D eigenvalue weighted by molar-refractivity contribution is 6.30. The molecule has 0 fully saturated rings. The maximum absolute atomic E-state index is 13.2. The highest BCUT2D eigenvalue weighted by Gasteiger charge is 2.35. The lowest BCUT2D eigenvalue weighted by molar-refractivity contribution is -0.141. The van der Waals surface area contributed by atoms with Gasteiger partial charge in [-0.3, -0.25) is 4.79 Å². The topological polar surface area (TPSA) is 56.1 Å². The number of nitrogens with zero attached hydrogens (tertiary/aromatic N) is 2. The number of rotatable bonds is 5. The van der Waals surface area contributed by atoms with Crippen LogP contribution in [-0.2, 0) is 17.5 Å². The summed E-state index contributed by atoms with van der Waals surface area (Å²) in [7, 11) is 0. The zero-order valence-corrected chi connectivity index (χ0v) is 17.9. The van der Waals surface area contributed by atoms with E-state index in [0.717, 1.165) is 6.07 Å². The van der Waals surface area contributed by atoms with E-state index in [1.165, 1.54) is 4.68 Å². The van der Waals surface area contributed by atoms with Crippen LogP contribution in [0.15, 0.2) is 54.6 Å². The van der Waals surface area contributed by atoms with E-state index in [4.69, 9.17) is 16.3 Å². The summed E-state index contributed by atoms with van der Waals surface area (Å²) in [6, 6.07) is 13.7. The molecule has 5 nitrogen and oxygen atoms in total. The lowest BCUT2D eigenvalue weighted by atomic mass is 10.2. The highest BCUT2D eigenvalue weighted by Crippen LogP contribution is 2.30. The Labute approximate surface area is 182 Å². The Balaban J connectivity index is 1.82. The van der Waals surface area contributed by atoms with Gasteiger partial charge in [0.25, 0.3) is 5.91 Å². The molecule has 1 aromatic heterocycles. The average Bonchev–Trinajstić information content (AvgIpc) is 3.12. The van der Waals surface area contributed by atoms with E-state index >= 15 is 0 Å². The van der Waals surface area contributed by atoms with E-state index in [9.17, 15) is 18.0 Å². The first-order chi connectivity index (χ1) is 14.4. The van der Waals surface area contributed by atoms with Gasteiger partial charge in [-0.2, -0.15) is 18.3 Å². The summed E-state index contributed by atoms with van der Waals surface area (Å²) in [6.07, 6.45) is -4.58. The zero-order valence-electron chi connectivity index (χ0n) is 17.1. The molecule has 2 aromatic carbocycles. The Hall–Kier alpha value is -2.84. The van der Waals surface area contributed by atoms with Gasteiger partial charge in [0, 0.05) is 16.3 Å². The number of aromatic nitrogens is 2. The number of carbonyl (C=O) groups excluding carboxylic acids is 1. The summed E-state index contributed by atoms with van der Waals surface area (Å²) in [5.74, 6) is -0.331. The molecule has 0 aliphatic carbocycles. The van der Waals surface area contributed by atoms with E-state index in [-0.39, 0.29) is 18.2 Å². The fraction of sp³-hybridized carbons (Fsp3) is 0.273. The lowest BCUT2D eigenvalue weighted by Crippen LogP contribution is -2.19. The van der Waals surface area contributed by atoms with Crippen molar-refractivity contribution in [3.63, 3.8) is 0 Å². The minimum absolute atomic E-state index is 0.0400. The Morgan fingerprint density at radius 3 is 2.23 bits per heavy atom. The molecular formula is C22H21ClF3N3O2. The number of anilines is 1. The molecule has 1 amide bonds. The van der Waals surface area contributed by atoms with Crippen LogP contribution >= 0.6 is 11.6 Å². The second-order valence-corrected chi connectivity index (χ2v) is 8.28. The van der Waals surface area contributed by atoms with Crippen molar-refractivity contribution >= 4 is 23.2 Å². The largest absolute Gasteiger partial charge is 0.435 e. The first kappa shape index (κ1) is 22.8. The van der Waals surface area contributed by atoms with Crippen molar-refractivity contribution in [1.29, 1.82) is 0 Å². The maximum Gasteiger partial charge on any atom is 0.435 e. The van der Waals surface area contributed by atoms with E-state index in [1.807, 2.05) is 20.8 Å². The molecule has 0 bridgehead atoms. The van der Waals surface area contributed by atoms with Crippen LogP contribution < -0.4 is 5.32 Å². The normalized spacial score (nSPS) is 12.1. The molecule has 0 unspecified atom stereocenters. The lowest BCUT2D eigenvalue weighted by Gasteiger charge is -2.19. The van der Waals surface area contributed by atoms with Gasteiger partial charge < -0.3 is 10.1 Å². The minimum atomic E-state index is -4.58. The number of nitrogens with one attached hydrogen (secondary N) is 1. The van der Waals surface area contributed by atoms with Crippen LogP contribution in [0.2, 0.25) is 5.02 Å². The predicted molar refractivity (Wildman–Crippen MR) is 113 cm³/mol. The number of benzene rings is 2. The fourth-order valence-electron chi connectivity index (χ4n) is 2.67. The SMILES string of the molecule is CC(C)(C)OCc1cc(C(F)(F)F)nn1-c1ccc(NC(=O)c2ccc(Cl)cc2)cc1. The molecule has 0 atom stereocenters. The summed E-state index contributed by atoms with van der Waals surface area (Å²) in [5, 5.41) is 6.96. The van der Waals surface area contributed by atoms with Crippen LogP contribution in [0.3, 0.4) is 0 Å². The molecule has 0 aliphatic heterocycles. The van der Waals surface area contributed by atoms with Gasteiger partial charge in [-0.15, -0.1) is 0 Å². The molecule has 0 radical (unpaired) electrons. The van der Waals surface area contributed by atoms with Gasteiger partial charge in [-0.25, -0.2) is 4.68 Å². The molecule has 1 heterocycles. The molecule has 1 N–H and O–H groups in total. The number of carbonyl (C=O) groups is 1. The second-order valence-electron chi connectivity index (χ2n) is 7.84. The van der Waals surface area contributed by atoms with Crippen LogP contribution in [0, 0.1) is 0 Å². The van der Waals surface area contributed by atoms with E-state index in [0.29, 0.717) is 22.0 Å². The number of hydrogen-bond acceptors (Lipinski definition) is 3. The molecule has 0 saturated carbocycles. The van der Waals surface area contributed by atoms with Crippen LogP contribution in [0.1, 0.15) is 42.5 Å². The molecule has 0 aliphatic rings.